The van der Waals surface area contributed by atoms with Gasteiger partial charge in [-0.1, -0.05) is 12.7 Å². The number of hydrogen-bond donors (Lipinski definition) is 2. The molecule has 0 spiro atoms. The van der Waals surface area contributed by atoms with Crippen LogP contribution in [-0.2, 0) is 0 Å². The average molecular weight is 369 g/mol. The highest BCUT2D eigenvalue weighted by Gasteiger charge is 2.22. The molecule has 0 aromatic heterocycles. The molecule has 0 radical (unpaired) electrons. The Morgan fingerprint density at radius 1 is 1.07 bits per heavy atom. The molecular weight excluding hydrogens is 346 g/mol. The molecule has 142 valence electrons. The first kappa shape index (κ1) is 20.0. The van der Waals surface area contributed by atoms with Gasteiger partial charge in [-0.15, -0.1) is 0 Å². The number of carbonyl (C=O) groups is 2. The Kier molecular flexibility index (Phi) is 6.60. The summed E-state index contributed by atoms with van der Waals surface area (Å²) in [6.07, 6.45) is 1.55. The number of rotatable bonds is 9. The van der Waals surface area contributed by atoms with Crippen LogP contribution in [0.15, 0.2) is 49.1 Å². The zero-order valence-electron chi connectivity index (χ0n) is 15.4. The number of aromatic hydroxyl groups is 1. The smallest absolute Gasteiger partial charge is 0.336 e. The third-order valence-corrected chi connectivity index (χ3v) is 4.19. The van der Waals surface area contributed by atoms with E-state index >= 15 is 0 Å². The minimum absolute atomic E-state index is 0.0364. The van der Waals surface area contributed by atoms with Crippen LogP contribution in [0.5, 0.6) is 11.5 Å². The van der Waals surface area contributed by atoms with E-state index in [0.717, 1.165) is 18.8 Å². The van der Waals surface area contributed by atoms with Crippen molar-refractivity contribution in [1.29, 1.82) is 0 Å². The lowest BCUT2D eigenvalue weighted by molar-refractivity contribution is 0.0692. The molecular formula is C21H23NO5. The van der Waals surface area contributed by atoms with E-state index < -0.39 is 11.8 Å². The van der Waals surface area contributed by atoms with Crippen molar-refractivity contribution >= 4 is 17.4 Å². The third-order valence-electron chi connectivity index (χ3n) is 4.19. The van der Waals surface area contributed by atoms with Gasteiger partial charge in [0.05, 0.1) is 11.1 Å². The Morgan fingerprint density at radius 2 is 1.74 bits per heavy atom. The van der Waals surface area contributed by atoms with E-state index in [0.29, 0.717) is 5.75 Å². The fourth-order valence-electron chi connectivity index (χ4n) is 2.79. The van der Waals surface area contributed by atoms with Crippen molar-refractivity contribution in [2.24, 2.45) is 0 Å². The molecule has 2 rings (SSSR count). The number of aromatic carboxylic acids is 1. The number of anilines is 1. The van der Waals surface area contributed by atoms with E-state index in [2.05, 4.69) is 6.58 Å². The van der Waals surface area contributed by atoms with Crippen molar-refractivity contribution in [3.8, 4) is 11.5 Å². The standard InChI is InChI=1S/C21H23NO5/c1-4-11-27-15-8-10-16(21(25)26)18(13-15)20(24)17-9-7-14(12-19(17)23)22(5-2)6-3/h4,7-10,12-13,23H,1,5-6,11H2,2-3H3,(H,25,26). The molecule has 27 heavy (non-hydrogen) atoms. The van der Waals surface area contributed by atoms with E-state index in [9.17, 15) is 19.8 Å². The zero-order valence-corrected chi connectivity index (χ0v) is 15.4. The van der Waals surface area contributed by atoms with Crippen LogP contribution in [0.2, 0.25) is 0 Å². The monoisotopic (exact) mass is 369 g/mol. The number of carboxylic acids is 1. The minimum Gasteiger partial charge on any atom is -0.507 e. The Hall–Kier alpha value is -3.28. The Labute approximate surface area is 158 Å². The van der Waals surface area contributed by atoms with Crippen molar-refractivity contribution in [2.45, 2.75) is 13.8 Å². The molecule has 2 N–H and O–H groups in total. The second-order valence-corrected chi connectivity index (χ2v) is 5.82. The number of carboxylic acid groups (broad SMARTS) is 1. The van der Waals surface area contributed by atoms with E-state index in [-0.39, 0.29) is 29.0 Å². The van der Waals surface area contributed by atoms with Crippen LogP contribution in [0.25, 0.3) is 0 Å². The summed E-state index contributed by atoms with van der Waals surface area (Å²) in [5.74, 6) is -1.66. The van der Waals surface area contributed by atoms with Gasteiger partial charge in [0.15, 0.2) is 5.78 Å². The van der Waals surface area contributed by atoms with E-state index in [4.69, 9.17) is 4.74 Å². The molecule has 2 aromatic rings. The van der Waals surface area contributed by atoms with Gasteiger partial charge in [-0.2, -0.15) is 0 Å². The molecule has 0 saturated heterocycles. The predicted molar refractivity (Wildman–Crippen MR) is 104 cm³/mol. The van der Waals surface area contributed by atoms with Crippen LogP contribution in [-0.4, -0.2) is 41.7 Å². The molecule has 2 aromatic carbocycles. The van der Waals surface area contributed by atoms with E-state index in [1.165, 1.54) is 30.3 Å². The largest absolute Gasteiger partial charge is 0.507 e. The number of hydrogen-bond acceptors (Lipinski definition) is 5. The van der Waals surface area contributed by atoms with Crippen molar-refractivity contribution in [3.63, 3.8) is 0 Å². The van der Waals surface area contributed by atoms with Crippen molar-refractivity contribution in [3.05, 3.63) is 65.7 Å². The highest BCUT2D eigenvalue weighted by Crippen LogP contribution is 2.29. The zero-order chi connectivity index (χ0) is 20.0. The third kappa shape index (κ3) is 4.47. The number of carbonyl (C=O) groups excluding carboxylic acids is 1. The van der Waals surface area contributed by atoms with Crippen LogP contribution in [0.1, 0.15) is 40.1 Å². The van der Waals surface area contributed by atoms with Gasteiger partial charge in [-0.05, 0) is 44.2 Å². The molecule has 0 atom stereocenters. The minimum atomic E-state index is -1.23. The highest BCUT2D eigenvalue weighted by molar-refractivity contribution is 6.15. The second-order valence-electron chi connectivity index (χ2n) is 5.82. The van der Waals surface area contributed by atoms with Gasteiger partial charge in [-0.25, -0.2) is 4.79 Å². The molecule has 0 unspecified atom stereocenters. The second kappa shape index (κ2) is 8.89. The van der Waals surface area contributed by atoms with Crippen LogP contribution >= 0.6 is 0 Å². The lowest BCUT2D eigenvalue weighted by atomic mass is 9.97. The summed E-state index contributed by atoms with van der Waals surface area (Å²) in [6, 6.07) is 8.92. The number of phenols is 1. The van der Waals surface area contributed by atoms with E-state index in [1.807, 2.05) is 18.7 Å². The number of nitrogens with zero attached hydrogens (tertiary/aromatic N) is 1. The molecule has 6 heteroatoms. The molecule has 0 amide bonds. The highest BCUT2D eigenvalue weighted by atomic mass is 16.5. The maximum atomic E-state index is 12.9. The summed E-state index contributed by atoms with van der Waals surface area (Å²) in [5, 5.41) is 19.8. The Balaban J connectivity index is 2.46. The fourth-order valence-corrected chi connectivity index (χ4v) is 2.79. The quantitative estimate of drug-likeness (QED) is 0.517. The fraction of sp³-hybridized carbons (Fsp3) is 0.238. The van der Waals surface area contributed by atoms with Gasteiger partial charge >= 0.3 is 5.97 Å². The molecule has 0 fully saturated rings. The molecule has 0 aliphatic carbocycles. The lowest BCUT2D eigenvalue weighted by Gasteiger charge is -2.21. The number of ether oxygens (including phenoxy) is 1. The predicted octanol–water partition coefficient (Wildman–Crippen LogP) is 3.73. The van der Waals surface area contributed by atoms with Crippen LogP contribution in [0, 0.1) is 0 Å². The first-order chi connectivity index (χ1) is 12.9. The molecule has 6 nitrogen and oxygen atoms in total. The molecule has 0 aliphatic heterocycles. The Bertz CT molecular complexity index is 856. The first-order valence-electron chi connectivity index (χ1n) is 8.66. The summed E-state index contributed by atoms with van der Waals surface area (Å²) >= 11 is 0. The van der Waals surface area contributed by atoms with Crippen molar-refractivity contribution in [1.82, 2.24) is 0 Å². The van der Waals surface area contributed by atoms with Gasteiger partial charge in [0.2, 0.25) is 0 Å². The van der Waals surface area contributed by atoms with Crippen LogP contribution < -0.4 is 9.64 Å². The lowest BCUT2D eigenvalue weighted by Crippen LogP contribution is -2.21. The summed E-state index contributed by atoms with van der Waals surface area (Å²) in [5.41, 5.74) is 0.623. The SMILES string of the molecule is C=CCOc1ccc(C(=O)O)c(C(=O)c2ccc(N(CC)CC)cc2O)c1. The summed E-state index contributed by atoms with van der Waals surface area (Å²) in [6.45, 7) is 9.28. The van der Waals surface area contributed by atoms with Crippen molar-refractivity contribution in [2.75, 3.05) is 24.6 Å². The van der Waals surface area contributed by atoms with Crippen LogP contribution in [0.4, 0.5) is 5.69 Å². The number of ketones is 1. The maximum Gasteiger partial charge on any atom is 0.336 e. The van der Waals surface area contributed by atoms with Gasteiger partial charge in [0, 0.05) is 30.4 Å². The first-order valence-corrected chi connectivity index (χ1v) is 8.66. The van der Waals surface area contributed by atoms with Gasteiger partial charge < -0.3 is 19.8 Å². The summed E-state index contributed by atoms with van der Waals surface area (Å²) in [4.78, 5) is 26.5. The van der Waals surface area contributed by atoms with E-state index in [1.54, 1.807) is 12.1 Å². The summed E-state index contributed by atoms with van der Waals surface area (Å²) in [7, 11) is 0. The van der Waals surface area contributed by atoms with Gasteiger partial charge in [-0.3, -0.25) is 4.79 Å². The van der Waals surface area contributed by atoms with Crippen LogP contribution in [0.3, 0.4) is 0 Å². The Morgan fingerprint density at radius 3 is 2.30 bits per heavy atom. The molecule has 0 heterocycles. The molecule has 0 saturated carbocycles. The normalized spacial score (nSPS) is 10.3. The topological polar surface area (TPSA) is 87.1 Å². The average Bonchev–Trinajstić information content (AvgIpc) is 2.66. The molecule has 0 bridgehead atoms. The summed E-state index contributed by atoms with van der Waals surface area (Å²) < 4.78 is 5.39. The number of phenolic OH excluding ortho intramolecular Hbond substituents is 1. The molecule has 0 aliphatic rings. The maximum absolute atomic E-state index is 12.9. The van der Waals surface area contributed by atoms with Gasteiger partial charge in [0.25, 0.3) is 0 Å². The van der Waals surface area contributed by atoms with Crippen molar-refractivity contribution < 1.29 is 24.5 Å². The number of benzene rings is 2. The van der Waals surface area contributed by atoms with Gasteiger partial charge in [0.1, 0.15) is 18.1 Å².